The predicted molar refractivity (Wildman–Crippen MR) is 65.5 cm³/mol. The lowest BCUT2D eigenvalue weighted by molar-refractivity contribution is -0.132. The van der Waals surface area contributed by atoms with E-state index in [9.17, 15) is 9.59 Å². The van der Waals surface area contributed by atoms with Crippen LogP contribution in [0.4, 0.5) is 0 Å². The molecular weight excluding hydrogens is 214 g/mol. The van der Waals surface area contributed by atoms with Crippen molar-refractivity contribution in [1.29, 1.82) is 0 Å². The quantitative estimate of drug-likeness (QED) is 0.487. The lowest BCUT2D eigenvalue weighted by Gasteiger charge is -2.17. The Morgan fingerprint density at radius 2 is 2.06 bits per heavy atom. The molecule has 0 bridgehead atoms. The lowest BCUT2D eigenvalue weighted by Crippen LogP contribution is -2.24. The summed E-state index contributed by atoms with van der Waals surface area (Å²) in [5, 5.41) is 3.29. The van der Waals surface area contributed by atoms with Crippen LogP contribution in [0.15, 0.2) is 42.0 Å². The number of hydrogen-bond acceptors (Lipinski definition) is 3. The fraction of sp³-hybridized carbons (Fsp3) is 0.286. The first-order chi connectivity index (χ1) is 8.27. The van der Waals surface area contributed by atoms with Crippen LogP contribution in [0.1, 0.15) is 18.5 Å². The minimum atomic E-state index is -0.350. The Balaban J connectivity index is 2.35. The van der Waals surface area contributed by atoms with Crippen molar-refractivity contribution >= 4 is 12.1 Å². The third-order valence-corrected chi connectivity index (χ3v) is 3.21. The highest BCUT2D eigenvalue weighted by Crippen LogP contribution is 2.33. The van der Waals surface area contributed by atoms with E-state index < -0.39 is 0 Å². The highest BCUT2D eigenvalue weighted by Gasteiger charge is 2.36. The van der Waals surface area contributed by atoms with Gasteiger partial charge in [-0.15, -0.1) is 0 Å². The molecule has 17 heavy (non-hydrogen) atoms. The maximum atomic E-state index is 11.7. The van der Waals surface area contributed by atoms with E-state index in [0.717, 1.165) is 11.1 Å². The van der Waals surface area contributed by atoms with Gasteiger partial charge in [-0.3, -0.25) is 9.59 Å². The molecule has 1 aromatic carbocycles. The van der Waals surface area contributed by atoms with E-state index in [1.54, 1.807) is 0 Å². The second kappa shape index (κ2) is 5.06. The van der Waals surface area contributed by atoms with E-state index >= 15 is 0 Å². The van der Waals surface area contributed by atoms with Gasteiger partial charge in [-0.1, -0.05) is 36.4 Å². The van der Waals surface area contributed by atoms with Gasteiger partial charge in [0.05, 0.1) is 5.92 Å². The van der Waals surface area contributed by atoms with Gasteiger partial charge in [0.25, 0.3) is 0 Å². The molecule has 1 saturated heterocycles. The Labute approximate surface area is 101 Å². The summed E-state index contributed by atoms with van der Waals surface area (Å²) in [7, 11) is 0. The minimum Gasteiger partial charge on any atom is -0.305 e. The van der Waals surface area contributed by atoms with Crippen LogP contribution < -0.4 is 5.32 Å². The van der Waals surface area contributed by atoms with Crippen LogP contribution in [-0.2, 0) is 9.59 Å². The Morgan fingerprint density at radius 3 is 2.65 bits per heavy atom. The van der Waals surface area contributed by atoms with Crippen molar-refractivity contribution in [3.63, 3.8) is 0 Å². The molecule has 2 unspecified atom stereocenters. The van der Waals surface area contributed by atoms with Gasteiger partial charge in [-0.25, -0.2) is 0 Å². The average molecular weight is 229 g/mol. The van der Waals surface area contributed by atoms with E-state index in [-0.39, 0.29) is 17.7 Å². The molecule has 1 fully saturated rings. The summed E-state index contributed by atoms with van der Waals surface area (Å²) in [6, 6.07) is 9.68. The molecular formula is C14H15NO2. The first-order valence-corrected chi connectivity index (χ1v) is 5.70. The van der Waals surface area contributed by atoms with Crippen LogP contribution in [0.5, 0.6) is 0 Å². The number of ketones is 1. The maximum Gasteiger partial charge on any atom is 0.204 e. The van der Waals surface area contributed by atoms with E-state index in [0.29, 0.717) is 12.8 Å². The van der Waals surface area contributed by atoms with Crippen molar-refractivity contribution in [1.82, 2.24) is 5.32 Å². The average Bonchev–Trinajstić information content (AvgIpc) is 2.82. The largest absolute Gasteiger partial charge is 0.305 e. The van der Waals surface area contributed by atoms with Crippen LogP contribution in [0.25, 0.3) is 0 Å². The van der Waals surface area contributed by atoms with Crippen LogP contribution in [-0.4, -0.2) is 18.6 Å². The summed E-state index contributed by atoms with van der Waals surface area (Å²) >= 11 is 0. The lowest BCUT2D eigenvalue weighted by atomic mass is 9.88. The molecule has 0 amide bonds. The monoisotopic (exact) mass is 229 g/mol. The van der Waals surface area contributed by atoms with Crippen molar-refractivity contribution in [3.05, 3.63) is 47.5 Å². The smallest absolute Gasteiger partial charge is 0.204 e. The topological polar surface area (TPSA) is 46.2 Å². The molecule has 0 saturated carbocycles. The van der Waals surface area contributed by atoms with Gasteiger partial charge in [-0.2, -0.15) is 0 Å². The zero-order valence-electron chi connectivity index (χ0n) is 9.72. The normalized spacial score (nSPS) is 26.1. The van der Waals surface area contributed by atoms with Gasteiger partial charge in [0.15, 0.2) is 6.29 Å². The molecule has 1 heterocycles. The van der Waals surface area contributed by atoms with Crippen molar-refractivity contribution in [2.24, 2.45) is 5.92 Å². The summed E-state index contributed by atoms with van der Waals surface area (Å²) in [4.78, 5) is 22.4. The molecule has 3 nitrogen and oxygen atoms in total. The van der Waals surface area contributed by atoms with Gasteiger partial charge in [0.1, 0.15) is 0 Å². The molecule has 88 valence electrons. The number of hydrogen-bond donors (Lipinski definition) is 1. The third kappa shape index (κ3) is 2.19. The first kappa shape index (κ1) is 11.7. The van der Waals surface area contributed by atoms with Crippen LogP contribution in [0, 0.1) is 5.92 Å². The van der Waals surface area contributed by atoms with Crippen LogP contribution in [0.3, 0.4) is 0 Å². The molecule has 3 heteroatoms. The van der Waals surface area contributed by atoms with Gasteiger partial charge in [0, 0.05) is 12.6 Å². The van der Waals surface area contributed by atoms with E-state index in [2.05, 4.69) is 5.32 Å². The molecule has 0 aromatic heterocycles. The van der Waals surface area contributed by atoms with Gasteiger partial charge >= 0.3 is 0 Å². The zero-order chi connectivity index (χ0) is 12.3. The number of rotatable bonds is 3. The van der Waals surface area contributed by atoms with Crippen molar-refractivity contribution in [2.75, 3.05) is 6.54 Å². The molecule has 1 aromatic rings. The Morgan fingerprint density at radius 1 is 1.35 bits per heavy atom. The maximum absolute atomic E-state index is 11.7. The second-order valence-electron chi connectivity index (χ2n) is 4.13. The van der Waals surface area contributed by atoms with Crippen LogP contribution in [0.2, 0.25) is 0 Å². The van der Waals surface area contributed by atoms with Gasteiger partial charge in [0.2, 0.25) is 5.78 Å². The standard InChI is InChI=1S/C14H15NO2/c1-2-10-8-15-14(13(10)12(17)9-16)11-6-4-3-5-7-11/h2-7,9,13-15H,8H2,1H3. The van der Waals surface area contributed by atoms with Gasteiger partial charge < -0.3 is 5.32 Å². The highest BCUT2D eigenvalue weighted by molar-refractivity contribution is 6.27. The van der Waals surface area contributed by atoms with Crippen molar-refractivity contribution in [3.8, 4) is 0 Å². The Hall–Kier alpha value is -1.74. The number of nitrogens with one attached hydrogen (secondary N) is 1. The number of benzene rings is 1. The predicted octanol–water partition coefficient (Wildman–Crippen LogP) is 1.66. The minimum absolute atomic E-state index is 0.0832. The molecule has 1 N–H and O–H groups in total. The fourth-order valence-electron chi connectivity index (χ4n) is 2.34. The molecule has 0 radical (unpaired) electrons. The molecule has 0 spiro atoms. The van der Waals surface area contributed by atoms with E-state index in [1.165, 1.54) is 0 Å². The summed E-state index contributed by atoms with van der Waals surface area (Å²) < 4.78 is 0. The summed E-state index contributed by atoms with van der Waals surface area (Å²) in [6.45, 7) is 2.57. The summed E-state index contributed by atoms with van der Waals surface area (Å²) in [5.41, 5.74) is 2.04. The second-order valence-corrected chi connectivity index (χ2v) is 4.13. The fourth-order valence-corrected chi connectivity index (χ4v) is 2.34. The van der Waals surface area contributed by atoms with Crippen molar-refractivity contribution in [2.45, 2.75) is 13.0 Å². The Bertz CT molecular complexity index is 451. The summed E-state index contributed by atoms with van der Waals surface area (Å²) in [5.74, 6) is -0.697. The molecule has 1 aliphatic rings. The number of aldehydes is 1. The van der Waals surface area contributed by atoms with E-state index in [4.69, 9.17) is 0 Å². The third-order valence-electron chi connectivity index (χ3n) is 3.21. The molecule has 2 atom stereocenters. The summed E-state index contributed by atoms with van der Waals surface area (Å²) in [6.07, 6.45) is 2.35. The number of carbonyl (C=O) groups is 2. The van der Waals surface area contributed by atoms with Crippen LogP contribution >= 0.6 is 0 Å². The van der Waals surface area contributed by atoms with Crippen molar-refractivity contribution < 1.29 is 9.59 Å². The SMILES string of the molecule is CC=C1CNC(c2ccccc2)C1C(=O)C=O. The zero-order valence-corrected chi connectivity index (χ0v) is 9.72. The molecule has 2 rings (SSSR count). The molecule has 0 aliphatic carbocycles. The number of Topliss-reactive ketones (excluding diaryl/α,β-unsaturated/α-hetero) is 1. The number of allylic oxidation sites excluding steroid dienone is 1. The highest BCUT2D eigenvalue weighted by atomic mass is 16.2. The Kier molecular flexibility index (Phi) is 3.49. The number of carbonyl (C=O) groups excluding carboxylic acids is 2. The van der Waals surface area contributed by atoms with E-state index in [1.807, 2.05) is 43.3 Å². The van der Waals surface area contributed by atoms with Gasteiger partial charge in [-0.05, 0) is 18.1 Å². The first-order valence-electron chi connectivity index (χ1n) is 5.70. The molecule has 1 aliphatic heterocycles.